The number of rotatable bonds is 4. The van der Waals surface area contributed by atoms with E-state index in [0.29, 0.717) is 0 Å². The Bertz CT molecular complexity index is 483. The fourth-order valence-corrected chi connectivity index (χ4v) is 2.23. The fourth-order valence-electron chi connectivity index (χ4n) is 1.06. The highest BCUT2D eigenvalue weighted by Gasteiger charge is 1.94. The Kier molecular flexibility index (Phi) is 4.62. The fraction of sp³-hybridized carbons (Fsp3) is 0. The highest BCUT2D eigenvalue weighted by molar-refractivity contribution is 7.12. The second kappa shape index (κ2) is 6.67. The number of amides is 2. The third-order valence-electron chi connectivity index (χ3n) is 1.80. The summed E-state index contributed by atoms with van der Waals surface area (Å²) in [7, 11) is 0. The molecule has 5 nitrogen and oxygen atoms in total. The molecular formula is C11H10N4OS2. The first kappa shape index (κ1) is 12.5. The van der Waals surface area contributed by atoms with E-state index in [1.807, 2.05) is 35.0 Å². The van der Waals surface area contributed by atoms with E-state index in [9.17, 15) is 4.79 Å². The quantitative estimate of drug-likeness (QED) is 0.655. The molecule has 2 aromatic heterocycles. The number of nitrogens with zero attached hydrogens (tertiary/aromatic N) is 2. The summed E-state index contributed by atoms with van der Waals surface area (Å²) in [5, 5.41) is 11.4. The predicted octanol–water partition coefficient (Wildman–Crippen LogP) is 2.48. The van der Waals surface area contributed by atoms with Crippen LogP contribution < -0.4 is 10.9 Å². The number of carbonyl (C=O) groups excluding carboxylic acids is 1. The number of nitrogens with one attached hydrogen (secondary N) is 2. The molecule has 0 radical (unpaired) electrons. The van der Waals surface area contributed by atoms with E-state index in [4.69, 9.17) is 0 Å². The SMILES string of the molecule is O=C(N/N=C\c1cccs1)N/N=C\c1cccs1. The molecule has 7 heteroatoms. The zero-order valence-corrected chi connectivity index (χ0v) is 10.9. The first-order valence-corrected chi connectivity index (χ1v) is 6.79. The van der Waals surface area contributed by atoms with Crippen molar-refractivity contribution in [3.05, 3.63) is 44.8 Å². The molecular weight excluding hydrogens is 268 g/mol. The summed E-state index contributed by atoms with van der Waals surface area (Å²) in [5.41, 5.74) is 4.63. The molecule has 0 bridgehead atoms. The molecule has 92 valence electrons. The Balaban J connectivity index is 1.72. The average molecular weight is 278 g/mol. The second-order valence-electron chi connectivity index (χ2n) is 3.10. The van der Waals surface area contributed by atoms with Gasteiger partial charge in [0, 0.05) is 9.75 Å². The van der Waals surface area contributed by atoms with Crippen LogP contribution in [0, 0.1) is 0 Å². The molecule has 2 rings (SSSR count). The van der Waals surface area contributed by atoms with Crippen molar-refractivity contribution < 1.29 is 4.79 Å². The Labute approximate surface area is 112 Å². The van der Waals surface area contributed by atoms with E-state index in [1.165, 1.54) is 0 Å². The smallest absolute Gasteiger partial charge is 0.245 e. The standard InChI is InChI=1S/C11H10N4OS2/c16-11(14-12-7-9-3-1-5-17-9)15-13-8-10-4-2-6-18-10/h1-8H,(H2,14,15,16)/b12-7-,13-8-. The number of thiophene rings is 2. The molecule has 0 saturated carbocycles. The van der Waals surface area contributed by atoms with Crippen LogP contribution >= 0.6 is 22.7 Å². The van der Waals surface area contributed by atoms with Crippen LogP contribution in [-0.4, -0.2) is 18.5 Å². The van der Waals surface area contributed by atoms with Crippen molar-refractivity contribution in [3.8, 4) is 0 Å². The summed E-state index contributed by atoms with van der Waals surface area (Å²) in [4.78, 5) is 13.2. The van der Waals surface area contributed by atoms with Gasteiger partial charge in [-0.15, -0.1) is 22.7 Å². The lowest BCUT2D eigenvalue weighted by atomic mass is 10.5. The molecule has 0 aliphatic carbocycles. The maximum absolute atomic E-state index is 11.3. The predicted molar refractivity (Wildman–Crippen MR) is 75.5 cm³/mol. The van der Waals surface area contributed by atoms with Gasteiger partial charge in [0.05, 0.1) is 12.4 Å². The first-order valence-electron chi connectivity index (χ1n) is 5.04. The lowest BCUT2D eigenvalue weighted by molar-refractivity contribution is 0.242. The molecule has 18 heavy (non-hydrogen) atoms. The summed E-state index contributed by atoms with van der Waals surface area (Å²) < 4.78 is 0. The van der Waals surface area contributed by atoms with E-state index in [-0.39, 0.29) is 0 Å². The normalized spacial score (nSPS) is 11.1. The van der Waals surface area contributed by atoms with Gasteiger partial charge >= 0.3 is 6.03 Å². The maximum Gasteiger partial charge on any atom is 0.355 e. The van der Waals surface area contributed by atoms with Gasteiger partial charge < -0.3 is 0 Å². The van der Waals surface area contributed by atoms with E-state index in [1.54, 1.807) is 35.1 Å². The van der Waals surface area contributed by atoms with Gasteiger partial charge in [-0.3, -0.25) is 0 Å². The molecule has 0 unspecified atom stereocenters. The van der Waals surface area contributed by atoms with Crippen LogP contribution in [0.1, 0.15) is 9.75 Å². The number of hydrogen-bond acceptors (Lipinski definition) is 5. The van der Waals surface area contributed by atoms with Crippen molar-refractivity contribution in [2.24, 2.45) is 10.2 Å². The van der Waals surface area contributed by atoms with Crippen molar-refractivity contribution in [2.45, 2.75) is 0 Å². The molecule has 0 aliphatic rings. The zero-order chi connectivity index (χ0) is 12.6. The molecule has 0 saturated heterocycles. The number of urea groups is 1. The summed E-state index contributed by atoms with van der Waals surface area (Å²) in [6.07, 6.45) is 3.15. The van der Waals surface area contributed by atoms with Crippen LogP contribution in [0.5, 0.6) is 0 Å². The molecule has 0 atom stereocenters. The highest BCUT2D eigenvalue weighted by atomic mass is 32.1. The van der Waals surface area contributed by atoms with Gasteiger partial charge in [-0.05, 0) is 22.9 Å². The minimum atomic E-state index is -0.476. The van der Waals surface area contributed by atoms with Crippen LogP contribution in [0.3, 0.4) is 0 Å². The molecule has 0 fully saturated rings. The summed E-state index contributed by atoms with van der Waals surface area (Å²) in [5.74, 6) is 0. The van der Waals surface area contributed by atoms with Gasteiger partial charge in [0.2, 0.25) is 0 Å². The van der Waals surface area contributed by atoms with Crippen molar-refractivity contribution in [3.63, 3.8) is 0 Å². The second-order valence-corrected chi connectivity index (χ2v) is 5.06. The van der Waals surface area contributed by atoms with Gasteiger partial charge in [0.15, 0.2) is 0 Å². The van der Waals surface area contributed by atoms with E-state index < -0.39 is 6.03 Å². The lowest BCUT2D eigenvalue weighted by Gasteiger charge is -1.96. The summed E-state index contributed by atoms with van der Waals surface area (Å²) in [6, 6.07) is 7.16. The van der Waals surface area contributed by atoms with E-state index >= 15 is 0 Å². The van der Waals surface area contributed by atoms with Crippen molar-refractivity contribution in [2.75, 3.05) is 0 Å². The minimum absolute atomic E-state index is 0.476. The van der Waals surface area contributed by atoms with Crippen molar-refractivity contribution in [1.82, 2.24) is 10.9 Å². The lowest BCUT2D eigenvalue weighted by Crippen LogP contribution is -2.28. The molecule has 0 spiro atoms. The Morgan fingerprint density at radius 2 is 1.50 bits per heavy atom. The number of hydrogen-bond donors (Lipinski definition) is 2. The molecule has 0 aromatic carbocycles. The van der Waals surface area contributed by atoms with Gasteiger partial charge in [0.1, 0.15) is 0 Å². The van der Waals surface area contributed by atoms with Crippen LogP contribution in [0.25, 0.3) is 0 Å². The van der Waals surface area contributed by atoms with E-state index in [0.717, 1.165) is 9.75 Å². The van der Waals surface area contributed by atoms with Gasteiger partial charge in [-0.1, -0.05) is 12.1 Å². The molecule has 2 N–H and O–H groups in total. The van der Waals surface area contributed by atoms with Crippen LogP contribution in [0.4, 0.5) is 4.79 Å². The molecule has 2 amide bonds. The third kappa shape index (κ3) is 4.11. The van der Waals surface area contributed by atoms with Gasteiger partial charge in [0.25, 0.3) is 0 Å². The van der Waals surface area contributed by atoms with Gasteiger partial charge in [-0.25, -0.2) is 15.6 Å². The number of carbonyl (C=O) groups is 1. The monoisotopic (exact) mass is 278 g/mol. The zero-order valence-electron chi connectivity index (χ0n) is 9.24. The molecule has 2 aromatic rings. The molecule has 2 heterocycles. The highest BCUT2D eigenvalue weighted by Crippen LogP contribution is 2.04. The van der Waals surface area contributed by atoms with Crippen LogP contribution in [-0.2, 0) is 0 Å². The summed E-state index contributed by atoms with van der Waals surface area (Å²) >= 11 is 3.08. The summed E-state index contributed by atoms with van der Waals surface area (Å²) in [6.45, 7) is 0. The number of hydrazone groups is 2. The maximum atomic E-state index is 11.3. The van der Waals surface area contributed by atoms with Crippen molar-refractivity contribution >= 4 is 41.1 Å². The minimum Gasteiger partial charge on any atom is -0.245 e. The largest absolute Gasteiger partial charge is 0.355 e. The Hall–Kier alpha value is -1.99. The average Bonchev–Trinajstić information content (AvgIpc) is 3.01. The van der Waals surface area contributed by atoms with Crippen molar-refractivity contribution in [1.29, 1.82) is 0 Å². The Morgan fingerprint density at radius 3 is 1.89 bits per heavy atom. The van der Waals surface area contributed by atoms with Crippen LogP contribution in [0.15, 0.2) is 45.2 Å². The van der Waals surface area contributed by atoms with Crippen LogP contribution in [0.2, 0.25) is 0 Å². The molecule has 0 aliphatic heterocycles. The van der Waals surface area contributed by atoms with Gasteiger partial charge in [-0.2, -0.15) is 10.2 Å². The third-order valence-corrected chi connectivity index (χ3v) is 3.42. The Morgan fingerprint density at radius 1 is 1.00 bits per heavy atom. The topological polar surface area (TPSA) is 65.8 Å². The van der Waals surface area contributed by atoms with E-state index in [2.05, 4.69) is 21.1 Å². The first-order chi connectivity index (χ1) is 8.84.